The number of carbonyl (C=O) groups is 2. The van der Waals surface area contributed by atoms with Crippen molar-refractivity contribution in [1.29, 1.82) is 0 Å². The molecule has 0 atom stereocenters. The van der Waals surface area contributed by atoms with Gasteiger partial charge in [-0.25, -0.2) is 4.98 Å². The topological polar surface area (TPSA) is 81.1 Å². The molecule has 0 aliphatic heterocycles. The Morgan fingerprint density at radius 3 is 2.62 bits per heavy atom. The second-order valence-corrected chi connectivity index (χ2v) is 7.98. The summed E-state index contributed by atoms with van der Waals surface area (Å²) in [4.78, 5) is 42.0. The molecule has 0 aliphatic rings. The van der Waals surface area contributed by atoms with Crippen LogP contribution in [0.4, 0.5) is 5.69 Å². The molecule has 0 spiro atoms. The molecule has 3 rings (SSSR count). The van der Waals surface area contributed by atoms with Gasteiger partial charge in [-0.1, -0.05) is 11.8 Å². The minimum atomic E-state index is -0.206. The van der Waals surface area contributed by atoms with Gasteiger partial charge in [-0.05, 0) is 44.2 Å². The third kappa shape index (κ3) is 3.86. The molecule has 3 aromatic rings. The predicted molar refractivity (Wildman–Crippen MR) is 105 cm³/mol. The normalized spacial score (nSPS) is 10.9. The number of thiophene rings is 1. The molecular weight excluding hydrogens is 370 g/mol. The smallest absolute Gasteiger partial charge is 0.262 e. The lowest BCUT2D eigenvalue weighted by Crippen LogP contribution is -2.20. The second kappa shape index (κ2) is 7.43. The lowest BCUT2D eigenvalue weighted by atomic mass is 10.1. The van der Waals surface area contributed by atoms with Crippen LogP contribution in [0.25, 0.3) is 10.2 Å². The van der Waals surface area contributed by atoms with Crippen LogP contribution in [0, 0.1) is 6.92 Å². The number of rotatable bonds is 5. The van der Waals surface area contributed by atoms with E-state index in [-0.39, 0.29) is 23.0 Å². The summed E-state index contributed by atoms with van der Waals surface area (Å²) >= 11 is 2.68. The quantitative estimate of drug-likeness (QED) is 0.413. The van der Waals surface area contributed by atoms with E-state index in [1.54, 1.807) is 31.3 Å². The van der Waals surface area contributed by atoms with Gasteiger partial charge in [-0.3, -0.25) is 19.0 Å². The average molecular weight is 387 g/mol. The Kier molecular flexibility index (Phi) is 5.24. The van der Waals surface area contributed by atoms with E-state index in [0.29, 0.717) is 26.6 Å². The minimum Gasteiger partial charge on any atom is -0.325 e. The third-order valence-electron chi connectivity index (χ3n) is 3.76. The summed E-state index contributed by atoms with van der Waals surface area (Å²) in [5.74, 6) is -0.100. The number of carbonyl (C=O) groups excluding carboxylic acids is 2. The third-order valence-corrected chi connectivity index (χ3v) is 5.74. The highest BCUT2D eigenvalue weighted by molar-refractivity contribution is 7.99. The zero-order valence-electron chi connectivity index (χ0n) is 14.5. The molecule has 0 unspecified atom stereocenters. The zero-order valence-corrected chi connectivity index (χ0v) is 16.2. The predicted octanol–water partition coefficient (Wildman–Crippen LogP) is 3.24. The van der Waals surface area contributed by atoms with Crippen LogP contribution in [0.2, 0.25) is 0 Å². The summed E-state index contributed by atoms with van der Waals surface area (Å²) < 4.78 is 1.47. The SMILES string of the molecule is CC(=O)c1ccc(NC(=O)CSc2nc3sc(C)cc3c(=O)n2C)cc1. The average Bonchev–Trinajstić information content (AvgIpc) is 2.98. The van der Waals surface area contributed by atoms with Crippen LogP contribution in [0.3, 0.4) is 0 Å². The fourth-order valence-electron chi connectivity index (χ4n) is 2.41. The van der Waals surface area contributed by atoms with Crippen molar-refractivity contribution in [2.75, 3.05) is 11.1 Å². The van der Waals surface area contributed by atoms with Gasteiger partial charge in [0.2, 0.25) is 5.91 Å². The monoisotopic (exact) mass is 387 g/mol. The first kappa shape index (κ1) is 18.3. The number of nitrogens with one attached hydrogen (secondary N) is 1. The second-order valence-electron chi connectivity index (χ2n) is 5.80. The molecule has 0 saturated carbocycles. The molecule has 0 saturated heterocycles. The van der Waals surface area contributed by atoms with E-state index in [1.165, 1.54) is 34.6 Å². The van der Waals surface area contributed by atoms with Crippen molar-refractivity contribution in [3.63, 3.8) is 0 Å². The van der Waals surface area contributed by atoms with Gasteiger partial charge in [0.25, 0.3) is 5.56 Å². The summed E-state index contributed by atoms with van der Waals surface area (Å²) in [5.41, 5.74) is 1.10. The number of nitrogens with zero attached hydrogens (tertiary/aromatic N) is 2. The van der Waals surface area contributed by atoms with E-state index in [2.05, 4.69) is 10.3 Å². The number of amides is 1. The van der Waals surface area contributed by atoms with E-state index in [4.69, 9.17) is 0 Å². The zero-order chi connectivity index (χ0) is 18.8. The first-order valence-corrected chi connectivity index (χ1v) is 9.66. The lowest BCUT2D eigenvalue weighted by molar-refractivity contribution is -0.113. The Morgan fingerprint density at radius 2 is 1.96 bits per heavy atom. The minimum absolute atomic E-state index is 0.0235. The fraction of sp³-hybridized carbons (Fsp3) is 0.222. The number of hydrogen-bond acceptors (Lipinski definition) is 6. The largest absolute Gasteiger partial charge is 0.325 e. The Balaban J connectivity index is 1.69. The molecule has 0 bridgehead atoms. The highest BCUT2D eigenvalue weighted by Gasteiger charge is 2.13. The fourth-order valence-corrected chi connectivity index (χ4v) is 4.10. The summed E-state index contributed by atoms with van der Waals surface area (Å²) in [6.07, 6.45) is 0. The number of fused-ring (bicyclic) bond motifs is 1. The number of Topliss-reactive ketones (excluding diaryl/α,β-unsaturated/α-hetero) is 1. The van der Waals surface area contributed by atoms with Crippen LogP contribution in [0.15, 0.2) is 40.3 Å². The molecular formula is C18H17N3O3S2. The highest BCUT2D eigenvalue weighted by Crippen LogP contribution is 2.23. The van der Waals surface area contributed by atoms with E-state index >= 15 is 0 Å². The maximum absolute atomic E-state index is 12.4. The van der Waals surface area contributed by atoms with Gasteiger partial charge in [0.05, 0.1) is 11.1 Å². The van der Waals surface area contributed by atoms with Gasteiger partial charge in [-0.2, -0.15) is 0 Å². The van der Waals surface area contributed by atoms with Gasteiger partial charge in [0, 0.05) is 23.2 Å². The van der Waals surface area contributed by atoms with Crippen LogP contribution < -0.4 is 10.9 Å². The molecule has 26 heavy (non-hydrogen) atoms. The Bertz CT molecular complexity index is 1050. The van der Waals surface area contributed by atoms with Crippen LogP contribution >= 0.6 is 23.1 Å². The van der Waals surface area contributed by atoms with Crippen molar-refractivity contribution in [3.8, 4) is 0 Å². The highest BCUT2D eigenvalue weighted by atomic mass is 32.2. The Morgan fingerprint density at radius 1 is 1.27 bits per heavy atom. The molecule has 0 aliphatic carbocycles. The molecule has 2 aromatic heterocycles. The standard InChI is InChI=1S/C18H17N3O3S2/c1-10-8-14-16(26-10)20-18(21(3)17(14)24)25-9-15(23)19-13-6-4-12(5-7-13)11(2)22/h4-8H,9H2,1-3H3,(H,19,23). The molecule has 1 N–H and O–H groups in total. The molecule has 6 nitrogen and oxygen atoms in total. The number of ketones is 1. The van der Waals surface area contributed by atoms with Gasteiger partial charge in [0.15, 0.2) is 10.9 Å². The molecule has 0 radical (unpaired) electrons. The van der Waals surface area contributed by atoms with Crippen LogP contribution in [-0.4, -0.2) is 27.0 Å². The summed E-state index contributed by atoms with van der Waals surface area (Å²) in [7, 11) is 1.66. The van der Waals surface area contributed by atoms with Gasteiger partial charge in [-0.15, -0.1) is 11.3 Å². The van der Waals surface area contributed by atoms with E-state index < -0.39 is 0 Å². The first-order valence-electron chi connectivity index (χ1n) is 7.86. The summed E-state index contributed by atoms with van der Waals surface area (Å²) in [6, 6.07) is 8.55. The van der Waals surface area contributed by atoms with Crippen LogP contribution in [-0.2, 0) is 11.8 Å². The number of aryl methyl sites for hydroxylation is 1. The number of anilines is 1. The van der Waals surface area contributed by atoms with E-state index in [9.17, 15) is 14.4 Å². The van der Waals surface area contributed by atoms with Crippen molar-refractivity contribution >= 4 is 50.7 Å². The van der Waals surface area contributed by atoms with Gasteiger partial charge >= 0.3 is 0 Å². The number of hydrogen-bond donors (Lipinski definition) is 1. The number of benzene rings is 1. The van der Waals surface area contributed by atoms with Crippen molar-refractivity contribution in [3.05, 3.63) is 51.1 Å². The molecule has 8 heteroatoms. The van der Waals surface area contributed by atoms with Crippen molar-refractivity contribution in [2.45, 2.75) is 19.0 Å². The van der Waals surface area contributed by atoms with Crippen LogP contribution in [0.1, 0.15) is 22.2 Å². The van der Waals surface area contributed by atoms with Crippen molar-refractivity contribution < 1.29 is 9.59 Å². The maximum Gasteiger partial charge on any atom is 0.262 e. The maximum atomic E-state index is 12.4. The molecule has 0 fully saturated rings. The van der Waals surface area contributed by atoms with Crippen molar-refractivity contribution in [1.82, 2.24) is 9.55 Å². The summed E-state index contributed by atoms with van der Waals surface area (Å²) in [6.45, 7) is 3.43. The molecule has 134 valence electrons. The lowest BCUT2D eigenvalue weighted by Gasteiger charge is -2.08. The molecule has 1 amide bonds. The Labute approximate surface area is 158 Å². The molecule has 2 heterocycles. The summed E-state index contributed by atoms with van der Waals surface area (Å²) in [5, 5.41) is 3.88. The molecule has 1 aromatic carbocycles. The number of aromatic nitrogens is 2. The van der Waals surface area contributed by atoms with E-state index in [1.807, 2.05) is 13.0 Å². The van der Waals surface area contributed by atoms with Crippen molar-refractivity contribution in [2.24, 2.45) is 7.05 Å². The van der Waals surface area contributed by atoms with E-state index in [0.717, 1.165) is 4.88 Å². The van der Waals surface area contributed by atoms with Gasteiger partial charge < -0.3 is 5.32 Å². The first-order chi connectivity index (χ1) is 12.3. The van der Waals surface area contributed by atoms with Crippen LogP contribution in [0.5, 0.6) is 0 Å². The Hall–Kier alpha value is -2.45. The van der Waals surface area contributed by atoms with Gasteiger partial charge in [0.1, 0.15) is 4.83 Å². The number of thioether (sulfide) groups is 1.